The second-order valence-corrected chi connectivity index (χ2v) is 9.61. The van der Waals surface area contributed by atoms with Crippen LogP contribution in [0.1, 0.15) is 49.8 Å². The lowest BCUT2D eigenvalue weighted by molar-refractivity contribution is 0.0188. The summed E-state index contributed by atoms with van der Waals surface area (Å²) >= 11 is 0. The molecule has 3 aromatic rings. The van der Waals surface area contributed by atoms with Crippen LogP contribution in [-0.2, 0) is 4.74 Å². The van der Waals surface area contributed by atoms with Gasteiger partial charge in [0.2, 0.25) is 0 Å². The second kappa shape index (κ2) is 9.28. The van der Waals surface area contributed by atoms with E-state index in [2.05, 4.69) is 15.3 Å². The van der Waals surface area contributed by atoms with Gasteiger partial charge in [0.1, 0.15) is 11.3 Å². The summed E-state index contributed by atoms with van der Waals surface area (Å²) < 4.78 is 7.33. The highest BCUT2D eigenvalue weighted by Crippen LogP contribution is 2.26. The van der Waals surface area contributed by atoms with E-state index < -0.39 is 11.5 Å². The van der Waals surface area contributed by atoms with E-state index in [4.69, 9.17) is 15.5 Å². The summed E-state index contributed by atoms with van der Waals surface area (Å²) in [7, 11) is 0. The summed E-state index contributed by atoms with van der Waals surface area (Å²) in [5.41, 5.74) is 8.11. The van der Waals surface area contributed by atoms with Crippen LogP contribution >= 0.6 is 0 Å². The molecule has 1 fully saturated rings. The molecule has 4 rings (SSSR count). The van der Waals surface area contributed by atoms with E-state index in [0.29, 0.717) is 42.7 Å². The Kier molecular flexibility index (Phi) is 6.41. The van der Waals surface area contributed by atoms with Crippen LogP contribution in [0.3, 0.4) is 0 Å². The van der Waals surface area contributed by atoms with Gasteiger partial charge in [-0.25, -0.2) is 14.8 Å². The molecule has 10 heteroatoms. The number of ether oxygens (including phenoxy) is 1. The van der Waals surface area contributed by atoms with Gasteiger partial charge in [-0.3, -0.25) is 14.2 Å². The average molecular weight is 466 g/mol. The lowest BCUT2D eigenvalue weighted by Gasteiger charge is -2.33. The third-order valence-electron chi connectivity index (χ3n) is 5.88. The maximum Gasteiger partial charge on any atom is 0.410 e. The zero-order valence-electron chi connectivity index (χ0n) is 20.0. The monoisotopic (exact) mass is 465 g/mol. The molecule has 1 aliphatic heterocycles. The fourth-order valence-electron chi connectivity index (χ4n) is 4.06. The number of likely N-dealkylation sites (tertiary alicyclic amines) is 1. The van der Waals surface area contributed by atoms with Gasteiger partial charge in [0.25, 0.3) is 5.91 Å². The highest BCUT2D eigenvalue weighted by Gasteiger charge is 2.27. The summed E-state index contributed by atoms with van der Waals surface area (Å²) in [5, 5.41) is 3.43. The molecule has 3 aromatic heterocycles. The second-order valence-electron chi connectivity index (χ2n) is 9.61. The topological polar surface area (TPSA) is 128 Å². The highest BCUT2D eigenvalue weighted by molar-refractivity contribution is 5.93. The Hall–Kier alpha value is -3.69. The van der Waals surface area contributed by atoms with Gasteiger partial charge in [0, 0.05) is 43.8 Å². The number of amides is 2. The van der Waals surface area contributed by atoms with Crippen molar-refractivity contribution in [1.29, 1.82) is 0 Å². The summed E-state index contributed by atoms with van der Waals surface area (Å²) in [5.74, 6) is 0.364. The van der Waals surface area contributed by atoms with Crippen molar-refractivity contribution in [3.05, 3.63) is 42.1 Å². The molecule has 10 nitrogen and oxygen atoms in total. The molecule has 0 aromatic carbocycles. The number of rotatable bonds is 5. The third-order valence-corrected chi connectivity index (χ3v) is 5.88. The van der Waals surface area contributed by atoms with Crippen molar-refractivity contribution >= 4 is 23.5 Å². The minimum Gasteiger partial charge on any atom is -0.444 e. The van der Waals surface area contributed by atoms with Gasteiger partial charge < -0.3 is 20.7 Å². The number of carbonyl (C=O) groups is 2. The van der Waals surface area contributed by atoms with Crippen molar-refractivity contribution in [2.75, 3.05) is 25.0 Å². The van der Waals surface area contributed by atoms with Crippen LogP contribution in [0.15, 0.2) is 30.7 Å². The first-order valence-corrected chi connectivity index (χ1v) is 11.4. The number of imidazole rings is 1. The van der Waals surface area contributed by atoms with Gasteiger partial charge in [-0.15, -0.1) is 0 Å². The van der Waals surface area contributed by atoms with Gasteiger partial charge in [-0.2, -0.15) is 0 Å². The fraction of sp³-hybridized carbons (Fsp3) is 0.458. The van der Waals surface area contributed by atoms with E-state index >= 15 is 0 Å². The number of nitrogens with one attached hydrogen (secondary N) is 1. The zero-order valence-corrected chi connectivity index (χ0v) is 20.0. The molecule has 4 heterocycles. The molecule has 0 atom stereocenters. The van der Waals surface area contributed by atoms with Gasteiger partial charge >= 0.3 is 6.09 Å². The Morgan fingerprint density at radius 1 is 1.18 bits per heavy atom. The van der Waals surface area contributed by atoms with Crippen LogP contribution in [-0.4, -0.2) is 61.5 Å². The minimum atomic E-state index is -0.577. The summed E-state index contributed by atoms with van der Waals surface area (Å²) in [6.07, 6.45) is 6.72. The number of hydrogen-bond acceptors (Lipinski definition) is 7. The Bertz CT molecular complexity index is 1190. The number of hydrogen-bond donors (Lipinski definition) is 2. The molecule has 0 bridgehead atoms. The lowest BCUT2D eigenvalue weighted by atomic mass is 9.97. The Morgan fingerprint density at radius 2 is 1.85 bits per heavy atom. The molecular formula is C24H31N7O3. The molecule has 180 valence electrons. The van der Waals surface area contributed by atoms with Crippen molar-refractivity contribution < 1.29 is 14.3 Å². The molecule has 0 radical (unpaired) electrons. The van der Waals surface area contributed by atoms with Crippen molar-refractivity contribution in [3.8, 4) is 11.3 Å². The first-order valence-electron chi connectivity index (χ1n) is 11.4. The number of primary amides is 1. The quantitative estimate of drug-likeness (QED) is 0.592. The standard InChI is InChI=1S/C24H31N7O3/c1-15-19(20(25)32)29-22-21(28-18(14-31(15)22)17-5-9-26-10-6-17)27-13-16-7-11-30(12-8-16)23(33)34-24(2,3)4/h5-6,9-10,14,16H,7-8,11-13H2,1-4H3,(H2,25,32)(H,27,28). The van der Waals surface area contributed by atoms with Crippen LogP contribution in [0.2, 0.25) is 0 Å². The van der Waals surface area contributed by atoms with E-state index in [9.17, 15) is 9.59 Å². The fourth-order valence-corrected chi connectivity index (χ4v) is 4.06. The molecule has 1 saturated heterocycles. The molecule has 0 aliphatic carbocycles. The molecule has 2 amide bonds. The average Bonchev–Trinajstić information content (AvgIpc) is 3.14. The Morgan fingerprint density at radius 3 is 2.47 bits per heavy atom. The van der Waals surface area contributed by atoms with E-state index in [1.54, 1.807) is 17.3 Å². The Balaban J connectivity index is 1.52. The normalized spacial score (nSPS) is 14.9. The van der Waals surface area contributed by atoms with Crippen LogP contribution in [0.5, 0.6) is 0 Å². The molecular weight excluding hydrogens is 434 g/mol. The van der Waals surface area contributed by atoms with E-state index in [-0.39, 0.29) is 11.8 Å². The van der Waals surface area contributed by atoms with Crippen LogP contribution in [0.25, 0.3) is 16.9 Å². The number of nitrogens with two attached hydrogens (primary N) is 1. The number of piperidine rings is 1. The first-order chi connectivity index (χ1) is 16.1. The summed E-state index contributed by atoms with van der Waals surface area (Å²) in [4.78, 5) is 39.3. The van der Waals surface area contributed by atoms with E-state index in [1.165, 1.54) is 0 Å². The predicted octanol–water partition coefficient (Wildman–Crippen LogP) is 3.26. The van der Waals surface area contributed by atoms with Gasteiger partial charge in [0.05, 0.1) is 11.4 Å². The molecule has 0 saturated carbocycles. The number of nitrogens with zero attached hydrogens (tertiary/aromatic N) is 5. The maximum atomic E-state index is 12.3. The van der Waals surface area contributed by atoms with Crippen molar-refractivity contribution in [1.82, 2.24) is 24.3 Å². The molecule has 0 spiro atoms. The smallest absolute Gasteiger partial charge is 0.410 e. The SMILES string of the molecule is Cc1c(C(N)=O)nc2c(NCC3CCN(C(=O)OC(C)(C)C)CC3)nc(-c3ccncc3)cn12. The van der Waals surface area contributed by atoms with Crippen molar-refractivity contribution in [2.45, 2.75) is 46.1 Å². The summed E-state index contributed by atoms with van der Waals surface area (Å²) in [6.45, 7) is 9.39. The number of fused-ring (bicyclic) bond motifs is 1. The molecule has 0 unspecified atom stereocenters. The van der Waals surface area contributed by atoms with Crippen molar-refractivity contribution in [3.63, 3.8) is 0 Å². The highest BCUT2D eigenvalue weighted by atomic mass is 16.6. The third kappa shape index (κ3) is 5.11. The number of pyridine rings is 1. The predicted molar refractivity (Wildman–Crippen MR) is 128 cm³/mol. The number of anilines is 1. The largest absolute Gasteiger partial charge is 0.444 e. The first kappa shape index (κ1) is 23.5. The van der Waals surface area contributed by atoms with Gasteiger partial charge in [-0.1, -0.05) is 0 Å². The number of aromatic nitrogens is 4. The lowest BCUT2D eigenvalue weighted by Crippen LogP contribution is -2.42. The van der Waals surface area contributed by atoms with E-state index in [0.717, 1.165) is 24.1 Å². The van der Waals surface area contributed by atoms with Gasteiger partial charge in [-0.05, 0) is 58.6 Å². The van der Waals surface area contributed by atoms with Crippen LogP contribution in [0, 0.1) is 12.8 Å². The number of aryl methyl sites for hydroxylation is 1. The molecule has 3 N–H and O–H groups in total. The van der Waals surface area contributed by atoms with Crippen LogP contribution in [0.4, 0.5) is 10.6 Å². The minimum absolute atomic E-state index is 0.224. The van der Waals surface area contributed by atoms with Crippen molar-refractivity contribution in [2.24, 2.45) is 11.7 Å². The Labute approximate surface area is 198 Å². The molecule has 1 aliphatic rings. The zero-order chi connectivity index (χ0) is 24.5. The maximum absolute atomic E-state index is 12.3. The van der Waals surface area contributed by atoms with Gasteiger partial charge in [0.15, 0.2) is 11.5 Å². The van der Waals surface area contributed by atoms with Crippen LogP contribution < -0.4 is 11.1 Å². The summed E-state index contributed by atoms with van der Waals surface area (Å²) in [6, 6.07) is 3.76. The number of carbonyl (C=O) groups excluding carboxylic acids is 2. The van der Waals surface area contributed by atoms with E-state index in [1.807, 2.05) is 50.4 Å². The molecule has 34 heavy (non-hydrogen) atoms.